The molecule has 0 aromatic rings. The molecule has 8 heteroatoms. The molecule has 0 spiro atoms. The Morgan fingerprint density at radius 2 is 2.07 bits per heavy atom. The van der Waals surface area contributed by atoms with E-state index < -0.39 is 22.2 Å². The second kappa shape index (κ2) is 4.67. The molecule has 0 aromatic carbocycles. The third-order valence-corrected chi connectivity index (χ3v) is 3.01. The van der Waals surface area contributed by atoms with Gasteiger partial charge < -0.3 is 4.74 Å². The van der Waals surface area contributed by atoms with E-state index in [2.05, 4.69) is 4.18 Å². The third kappa shape index (κ3) is 3.62. The van der Waals surface area contributed by atoms with Crippen LogP contribution in [0.3, 0.4) is 0 Å². The minimum absolute atomic E-state index is 0.243. The number of halogens is 3. The van der Waals surface area contributed by atoms with Crippen LogP contribution in [0.25, 0.3) is 0 Å². The molecule has 90 valence electrons. The van der Waals surface area contributed by atoms with Crippen LogP contribution in [0.5, 0.6) is 0 Å². The standard InChI is InChI=1S/C7H11F3O4S/c8-7(9,10)15(11,12)14-5-6-2-1-3-13-4-6/h6H,1-5H2. The van der Waals surface area contributed by atoms with E-state index in [0.29, 0.717) is 19.4 Å². The van der Waals surface area contributed by atoms with Crippen molar-refractivity contribution in [2.45, 2.75) is 18.3 Å². The monoisotopic (exact) mass is 248 g/mol. The highest BCUT2D eigenvalue weighted by atomic mass is 32.2. The molecule has 1 aliphatic heterocycles. The van der Waals surface area contributed by atoms with Crippen molar-refractivity contribution in [1.29, 1.82) is 0 Å². The largest absolute Gasteiger partial charge is 0.523 e. The van der Waals surface area contributed by atoms with Gasteiger partial charge in [-0.05, 0) is 12.8 Å². The molecule has 0 saturated carbocycles. The molecule has 1 saturated heterocycles. The number of hydrogen-bond acceptors (Lipinski definition) is 4. The Morgan fingerprint density at radius 1 is 1.40 bits per heavy atom. The van der Waals surface area contributed by atoms with Gasteiger partial charge in [-0.1, -0.05) is 0 Å². The van der Waals surface area contributed by atoms with Crippen LogP contribution in [0, 0.1) is 5.92 Å². The van der Waals surface area contributed by atoms with E-state index in [4.69, 9.17) is 4.74 Å². The molecule has 15 heavy (non-hydrogen) atoms. The number of ether oxygens (including phenoxy) is 1. The second-order valence-electron chi connectivity index (χ2n) is 3.27. The molecule has 0 radical (unpaired) electrons. The molecule has 0 bridgehead atoms. The highest BCUT2D eigenvalue weighted by molar-refractivity contribution is 7.87. The van der Waals surface area contributed by atoms with Crippen molar-refractivity contribution in [1.82, 2.24) is 0 Å². The Kier molecular flexibility index (Phi) is 3.96. The maximum absolute atomic E-state index is 11.8. The molecule has 1 heterocycles. The molecule has 0 amide bonds. The molecule has 1 unspecified atom stereocenters. The zero-order chi connectivity index (χ0) is 11.5. The van der Waals surface area contributed by atoms with Crippen molar-refractivity contribution in [2.75, 3.05) is 19.8 Å². The molecule has 1 atom stereocenters. The Balaban J connectivity index is 2.42. The lowest BCUT2D eigenvalue weighted by atomic mass is 10.0. The normalized spacial score (nSPS) is 24.1. The Bertz CT molecular complexity index is 292. The van der Waals surface area contributed by atoms with Crippen LogP contribution < -0.4 is 0 Å². The summed E-state index contributed by atoms with van der Waals surface area (Å²) in [7, 11) is -5.45. The third-order valence-electron chi connectivity index (χ3n) is 2.00. The van der Waals surface area contributed by atoms with E-state index in [1.165, 1.54) is 0 Å². The highest BCUT2D eigenvalue weighted by Crippen LogP contribution is 2.25. The lowest BCUT2D eigenvalue weighted by Crippen LogP contribution is -2.30. The fraction of sp³-hybridized carbons (Fsp3) is 1.00. The number of alkyl halides is 3. The number of hydrogen-bond donors (Lipinski definition) is 0. The van der Waals surface area contributed by atoms with E-state index in [1.54, 1.807) is 0 Å². The summed E-state index contributed by atoms with van der Waals surface area (Å²) in [5.74, 6) is -0.282. The van der Waals surface area contributed by atoms with Gasteiger partial charge in [0.05, 0.1) is 13.2 Å². The van der Waals surface area contributed by atoms with Crippen LogP contribution in [-0.2, 0) is 19.0 Å². The topological polar surface area (TPSA) is 52.6 Å². The molecule has 0 aromatic heterocycles. The second-order valence-corrected chi connectivity index (χ2v) is 4.87. The van der Waals surface area contributed by atoms with E-state index in [-0.39, 0.29) is 12.5 Å². The van der Waals surface area contributed by atoms with Gasteiger partial charge in [-0.2, -0.15) is 21.6 Å². The van der Waals surface area contributed by atoms with Gasteiger partial charge in [0.2, 0.25) is 0 Å². The van der Waals surface area contributed by atoms with Gasteiger partial charge in [0.15, 0.2) is 0 Å². The first-order valence-corrected chi connectivity index (χ1v) is 5.77. The zero-order valence-electron chi connectivity index (χ0n) is 7.79. The van der Waals surface area contributed by atoms with Crippen LogP contribution >= 0.6 is 0 Å². The first-order chi connectivity index (χ1) is 6.83. The van der Waals surface area contributed by atoms with Gasteiger partial charge in [-0.15, -0.1) is 0 Å². The molecule has 0 aliphatic carbocycles. The van der Waals surface area contributed by atoms with Crippen LogP contribution in [0.2, 0.25) is 0 Å². The van der Waals surface area contributed by atoms with E-state index in [9.17, 15) is 21.6 Å². The smallest absolute Gasteiger partial charge is 0.381 e. The van der Waals surface area contributed by atoms with Gasteiger partial charge in [-0.25, -0.2) is 0 Å². The average Bonchev–Trinajstić information content (AvgIpc) is 2.15. The number of rotatable bonds is 3. The lowest BCUT2D eigenvalue weighted by molar-refractivity contribution is -0.0568. The van der Waals surface area contributed by atoms with E-state index in [0.717, 1.165) is 0 Å². The Morgan fingerprint density at radius 3 is 2.53 bits per heavy atom. The van der Waals surface area contributed by atoms with Gasteiger partial charge >= 0.3 is 15.6 Å². The van der Waals surface area contributed by atoms with E-state index >= 15 is 0 Å². The highest BCUT2D eigenvalue weighted by Gasteiger charge is 2.47. The quantitative estimate of drug-likeness (QED) is 0.557. The average molecular weight is 248 g/mol. The molecular formula is C7H11F3O4S. The first kappa shape index (κ1) is 12.7. The Labute approximate surface area is 85.5 Å². The maximum Gasteiger partial charge on any atom is 0.523 e. The summed E-state index contributed by atoms with van der Waals surface area (Å²) in [6, 6.07) is 0. The zero-order valence-corrected chi connectivity index (χ0v) is 8.60. The van der Waals surface area contributed by atoms with Crippen LogP contribution in [0.1, 0.15) is 12.8 Å². The summed E-state index contributed by atoms with van der Waals surface area (Å²) in [6.45, 7) is 0.331. The van der Waals surface area contributed by atoms with Gasteiger partial charge in [0, 0.05) is 12.5 Å². The van der Waals surface area contributed by atoms with Gasteiger partial charge in [-0.3, -0.25) is 4.18 Å². The molecule has 4 nitrogen and oxygen atoms in total. The van der Waals surface area contributed by atoms with Crippen molar-refractivity contribution >= 4 is 10.1 Å². The van der Waals surface area contributed by atoms with Crippen molar-refractivity contribution in [3.63, 3.8) is 0 Å². The van der Waals surface area contributed by atoms with Crippen molar-refractivity contribution in [3.05, 3.63) is 0 Å². The predicted molar refractivity (Wildman–Crippen MR) is 44.5 cm³/mol. The summed E-state index contributed by atoms with van der Waals surface area (Å²) in [5, 5.41) is 0. The minimum atomic E-state index is -5.45. The summed E-state index contributed by atoms with van der Waals surface area (Å²) >= 11 is 0. The van der Waals surface area contributed by atoms with Crippen molar-refractivity contribution in [3.8, 4) is 0 Å². The lowest BCUT2D eigenvalue weighted by Gasteiger charge is -2.21. The van der Waals surface area contributed by atoms with Gasteiger partial charge in [0.25, 0.3) is 0 Å². The fourth-order valence-corrected chi connectivity index (χ4v) is 1.70. The molecule has 1 rings (SSSR count). The first-order valence-electron chi connectivity index (χ1n) is 4.36. The van der Waals surface area contributed by atoms with Gasteiger partial charge in [0.1, 0.15) is 0 Å². The molecule has 1 aliphatic rings. The maximum atomic E-state index is 11.8. The van der Waals surface area contributed by atoms with Crippen molar-refractivity contribution < 1.29 is 30.5 Å². The van der Waals surface area contributed by atoms with Crippen molar-refractivity contribution in [2.24, 2.45) is 5.92 Å². The SMILES string of the molecule is O=S(=O)(OCC1CCCOC1)C(F)(F)F. The minimum Gasteiger partial charge on any atom is -0.381 e. The molecule has 0 N–H and O–H groups in total. The van der Waals surface area contributed by atoms with Crippen LogP contribution in [0.15, 0.2) is 0 Å². The Hall–Kier alpha value is -0.340. The van der Waals surface area contributed by atoms with E-state index in [1.807, 2.05) is 0 Å². The summed E-state index contributed by atoms with van der Waals surface area (Å²) in [4.78, 5) is 0. The predicted octanol–water partition coefficient (Wildman–Crippen LogP) is 1.28. The van der Waals surface area contributed by atoms with Crippen LogP contribution in [0.4, 0.5) is 13.2 Å². The van der Waals surface area contributed by atoms with Crippen LogP contribution in [-0.4, -0.2) is 33.7 Å². The summed E-state index contributed by atoms with van der Waals surface area (Å²) in [6.07, 6.45) is 1.33. The summed E-state index contributed by atoms with van der Waals surface area (Å²) < 4.78 is 65.4. The summed E-state index contributed by atoms with van der Waals surface area (Å²) in [5.41, 5.74) is -5.34. The molecular weight excluding hydrogens is 237 g/mol. The fourth-order valence-electron chi connectivity index (χ4n) is 1.19. The molecule has 1 fully saturated rings.